The molecule has 1 aromatic rings. The van der Waals surface area contributed by atoms with Gasteiger partial charge in [0.2, 0.25) is 11.8 Å². The first-order valence-corrected chi connectivity index (χ1v) is 9.38. The van der Waals surface area contributed by atoms with Crippen molar-refractivity contribution in [1.82, 2.24) is 9.80 Å². The van der Waals surface area contributed by atoms with Gasteiger partial charge in [0.05, 0.1) is 12.3 Å². The van der Waals surface area contributed by atoms with E-state index < -0.39 is 0 Å². The molecule has 0 saturated carbocycles. The van der Waals surface area contributed by atoms with Gasteiger partial charge in [-0.05, 0) is 29.9 Å². The summed E-state index contributed by atoms with van der Waals surface area (Å²) in [5.41, 5.74) is 2.71. The highest BCUT2D eigenvalue weighted by Crippen LogP contribution is 2.36. The Morgan fingerprint density at radius 1 is 1.12 bits per heavy atom. The molecule has 2 amide bonds. The Labute approximate surface area is 153 Å². The topological polar surface area (TPSA) is 57.7 Å². The van der Waals surface area contributed by atoms with E-state index in [4.69, 9.17) is 0 Å². The monoisotopic (exact) mass is 352 g/mol. The van der Waals surface area contributed by atoms with E-state index >= 15 is 0 Å². The molecule has 5 heteroatoms. The number of amides is 2. The predicted octanol–water partition coefficient (Wildman–Crippen LogP) is 2.13. The number of hydrogen-bond acceptors (Lipinski definition) is 3. The Balaban J connectivity index is 1.51. The highest BCUT2D eigenvalue weighted by molar-refractivity contribution is 6.10. The van der Waals surface area contributed by atoms with Crippen molar-refractivity contribution < 1.29 is 14.4 Å². The molecule has 0 bridgehead atoms. The van der Waals surface area contributed by atoms with Crippen molar-refractivity contribution in [3.63, 3.8) is 0 Å². The second-order valence-corrected chi connectivity index (χ2v) is 7.64. The van der Waals surface area contributed by atoms with Crippen molar-refractivity contribution in [2.24, 2.45) is 11.8 Å². The molecule has 3 aliphatic rings. The Morgan fingerprint density at radius 3 is 2.65 bits per heavy atom. The second kappa shape index (κ2) is 6.71. The Kier molecular flexibility index (Phi) is 4.39. The van der Waals surface area contributed by atoms with Gasteiger partial charge in [-0.15, -0.1) is 0 Å². The fraction of sp³-hybridized carbons (Fsp3) is 0.476. The summed E-state index contributed by atoms with van der Waals surface area (Å²) in [5, 5.41) is 0. The first kappa shape index (κ1) is 17.0. The summed E-state index contributed by atoms with van der Waals surface area (Å²) in [7, 11) is 1.83. The van der Waals surface area contributed by atoms with Gasteiger partial charge in [0, 0.05) is 38.7 Å². The molecule has 136 valence electrons. The molecule has 2 aliphatic heterocycles. The molecule has 2 fully saturated rings. The molecule has 0 aromatic heterocycles. The van der Waals surface area contributed by atoms with E-state index in [-0.39, 0.29) is 35.9 Å². The molecule has 1 aliphatic carbocycles. The average molecular weight is 352 g/mol. The molecule has 0 N–H and O–H groups in total. The molecule has 0 spiro atoms. The third kappa shape index (κ3) is 2.96. The van der Waals surface area contributed by atoms with Crippen molar-refractivity contribution in [2.75, 3.05) is 26.7 Å². The van der Waals surface area contributed by atoms with Gasteiger partial charge in [-0.1, -0.05) is 30.3 Å². The highest BCUT2D eigenvalue weighted by Gasteiger charge is 2.43. The molecule has 1 aromatic carbocycles. The number of nitrogens with zero attached hydrogens (tertiary/aromatic N) is 2. The summed E-state index contributed by atoms with van der Waals surface area (Å²) in [6.45, 7) is 1.91. The van der Waals surface area contributed by atoms with Crippen LogP contribution in [0.25, 0.3) is 5.57 Å². The number of likely N-dealkylation sites (tertiary alicyclic amines) is 2. The van der Waals surface area contributed by atoms with Crippen molar-refractivity contribution in [3.05, 3.63) is 41.5 Å². The van der Waals surface area contributed by atoms with E-state index in [1.165, 1.54) is 0 Å². The first-order valence-electron chi connectivity index (χ1n) is 9.38. The lowest BCUT2D eigenvalue weighted by Crippen LogP contribution is -2.42. The number of fused-ring (bicyclic) bond motifs is 1. The number of Topliss-reactive ketones (excluding diaryl/α,β-unsaturated/α-hetero) is 1. The summed E-state index contributed by atoms with van der Waals surface area (Å²) in [5.74, 6) is 0.417. The highest BCUT2D eigenvalue weighted by atomic mass is 16.2. The third-order valence-electron chi connectivity index (χ3n) is 6.08. The van der Waals surface area contributed by atoms with Gasteiger partial charge < -0.3 is 9.80 Å². The van der Waals surface area contributed by atoms with E-state index in [0.29, 0.717) is 31.5 Å². The van der Waals surface area contributed by atoms with E-state index in [2.05, 4.69) is 0 Å². The molecule has 2 heterocycles. The van der Waals surface area contributed by atoms with Gasteiger partial charge in [0.15, 0.2) is 5.78 Å². The number of ketones is 1. The van der Waals surface area contributed by atoms with Crippen molar-refractivity contribution in [2.45, 2.75) is 25.7 Å². The number of hydrogen-bond donors (Lipinski definition) is 0. The number of allylic oxidation sites excluding steroid dienone is 1. The standard InChI is InChI=1S/C21H24N2O3/c1-22-10-9-15-12-23(13-18(15)21(22)26)20(25)11-17-16(7-8-19(17)24)14-5-3-2-4-6-14/h2-6,15,18H,7-13H2,1H3/t15-,18+/m1/s1. The molecular weight excluding hydrogens is 328 g/mol. The smallest absolute Gasteiger partial charge is 0.227 e. The summed E-state index contributed by atoms with van der Waals surface area (Å²) >= 11 is 0. The quantitative estimate of drug-likeness (QED) is 0.837. The molecule has 4 rings (SSSR count). The van der Waals surface area contributed by atoms with E-state index in [1.807, 2.05) is 37.4 Å². The number of carbonyl (C=O) groups excluding carboxylic acids is 3. The molecule has 2 saturated heterocycles. The molecule has 26 heavy (non-hydrogen) atoms. The second-order valence-electron chi connectivity index (χ2n) is 7.64. The van der Waals surface area contributed by atoms with Crippen molar-refractivity contribution in [3.8, 4) is 0 Å². The van der Waals surface area contributed by atoms with Crippen LogP contribution in [-0.2, 0) is 14.4 Å². The van der Waals surface area contributed by atoms with Crippen LogP contribution in [0.1, 0.15) is 31.2 Å². The van der Waals surface area contributed by atoms with Crippen LogP contribution in [0, 0.1) is 11.8 Å². The van der Waals surface area contributed by atoms with Crippen molar-refractivity contribution in [1.29, 1.82) is 0 Å². The SMILES string of the molecule is CN1CC[C@@H]2CN(C(=O)CC3=C(c4ccccc4)CCC3=O)C[C@@H]2C1=O. The summed E-state index contributed by atoms with van der Waals surface area (Å²) in [6.07, 6.45) is 2.31. The largest absolute Gasteiger partial charge is 0.345 e. The van der Waals surface area contributed by atoms with Crippen molar-refractivity contribution >= 4 is 23.2 Å². The summed E-state index contributed by atoms with van der Waals surface area (Å²) < 4.78 is 0. The normalized spacial score (nSPS) is 25.9. The number of carbonyl (C=O) groups is 3. The first-order chi connectivity index (χ1) is 12.5. The van der Waals surface area contributed by atoms with Gasteiger partial charge in [-0.3, -0.25) is 14.4 Å². The zero-order valence-electron chi connectivity index (χ0n) is 15.1. The molecular formula is C21H24N2O3. The maximum atomic E-state index is 12.9. The minimum Gasteiger partial charge on any atom is -0.345 e. The molecule has 0 radical (unpaired) electrons. The van der Waals surface area contributed by atoms with Crippen LogP contribution < -0.4 is 0 Å². The Hall–Kier alpha value is -2.43. The number of piperidine rings is 1. The minimum absolute atomic E-state index is 0.0199. The minimum atomic E-state index is -0.0699. The zero-order valence-corrected chi connectivity index (χ0v) is 15.1. The fourth-order valence-corrected chi connectivity index (χ4v) is 4.53. The van der Waals surface area contributed by atoms with Gasteiger partial charge in [-0.25, -0.2) is 0 Å². The van der Waals surface area contributed by atoms with Gasteiger partial charge >= 0.3 is 0 Å². The van der Waals surface area contributed by atoms with Crippen LogP contribution >= 0.6 is 0 Å². The molecule has 0 unspecified atom stereocenters. The fourth-order valence-electron chi connectivity index (χ4n) is 4.53. The average Bonchev–Trinajstić information content (AvgIpc) is 3.24. The summed E-state index contributed by atoms with van der Waals surface area (Å²) in [4.78, 5) is 41.1. The zero-order chi connectivity index (χ0) is 18.3. The summed E-state index contributed by atoms with van der Waals surface area (Å²) in [6, 6.07) is 9.86. The van der Waals surface area contributed by atoms with Gasteiger partial charge in [0.1, 0.15) is 0 Å². The van der Waals surface area contributed by atoms with Crippen LogP contribution in [0.2, 0.25) is 0 Å². The van der Waals surface area contributed by atoms with Crippen LogP contribution in [0.3, 0.4) is 0 Å². The van der Waals surface area contributed by atoms with Crippen LogP contribution in [-0.4, -0.2) is 54.1 Å². The molecule has 5 nitrogen and oxygen atoms in total. The van der Waals surface area contributed by atoms with Crippen LogP contribution in [0.5, 0.6) is 0 Å². The Bertz CT molecular complexity index is 784. The lowest BCUT2D eigenvalue weighted by atomic mass is 9.88. The lowest BCUT2D eigenvalue weighted by Gasteiger charge is -2.30. The molecule has 2 atom stereocenters. The van der Waals surface area contributed by atoms with E-state index in [9.17, 15) is 14.4 Å². The van der Waals surface area contributed by atoms with Gasteiger partial charge in [0.25, 0.3) is 0 Å². The maximum absolute atomic E-state index is 12.9. The van der Waals surface area contributed by atoms with E-state index in [1.54, 1.807) is 9.80 Å². The number of rotatable bonds is 3. The van der Waals surface area contributed by atoms with Gasteiger partial charge in [-0.2, -0.15) is 0 Å². The number of benzene rings is 1. The predicted molar refractivity (Wildman–Crippen MR) is 98.0 cm³/mol. The van der Waals surface area contributed by atoms with E-state index in [0.717, 1.165) is 24.1 Å². The Morgan fingerprint density at radius 2 is 1.88 bits per heavy atom. The maximum Gasteiger partial charge on any atom is 0.227 e. The lowest BCUT2D eigenvalue weighted by molar-refractivity contribution is -0.138. The van der Waals surface area contributed by atoms with Crippen LogP contribution in [0.15, 0.2) is 35.9 Å². The third-order valence-corrected chi connectivity index (χ3v) is 6.08. The van der Waals surface area contributed by atoms with Crippen LogP contribution in [0.4, 0.5) is 0 Å².